The highest BCUT2D eigenvalue weighted by Crippen LogP contribution is 2.34. The summed E-state index contributed by atoms with van der Waals surface area (Å²) in [7, 11) is 0. The summed E-state index contributed by atoms with van der Waals surface area (Å²) in [6, 6.07) is 5.49. The molecular formula is C19H18BrClN2O3. The first-order chi connectivity index (χ1) is 12.4. The standard InChI is InChI=1S/C19H18BrClN2O3/c1-3-26-19(25)18(24)12-7-8-13-11(2)22-23(17(13)9-12)10-14-15(20)5-4-6-16(14)21/h4-9,13,17H,3,10H2,1-2H3. The lowest BCUT2D eigenvalue weighted by Gasteiger charge is -2.27. The van der Waals surface area contributed by atoms with E-state index in [4.69, 9.17) is 16.3 Å². The van der Waals surface area contributed by atoms with Crippen LogP contribution in [0.4, 0.5) is 0 Å². The van der Waals surface area contributed by atoms with Crippen molar-refractivity contribution in [3.63, 3.8) is 0 Å². The zero-order chi connectivity index (χ0) is 18.8. The third-order valence-corrected chi connectivity index (χ3v) is 5.52. The van der Waals surface area contributed by atoms with Gasteiger partial charge in [-0.25, -0.2) is 4.79 Å². The molecule has 136 valence electrons. The van der Waals surface area contributed by atoms with Gasteiger partial charge >= 0.3 is 5.97 Å². The second kappa shape index (κ2) is 7.76. The highest BCUT2D eigenvalue weighted by Gasteiger charge is 2.36. The molecule has 0 radical (unpaired) electrons. The van der Waals surface area contributed by atoms with Crippen LogP contribution in [0.25, 0.3) is 0 Å². The molecule has 2 atom stereocenters. The van der Waals surface area contributed by atoms with E-state index in [1.807, 2.05) is 36.2 Å². The molecule has 1 heterocycles. The maximum absolute atomic E-state index is 12.3. The first-order valence-corrected chi connectivity index (χ1v) is 9.45. The van der Waals surface area contributed by atoms with Crippen molar-refractivity contribution in [2.75, 3.05) is 6.61 Å². The summed E-state index contributed by atoms with van der Waals surface area (Å²) < 4.78 is 5.72. The molecule has 0 fully saturated rings. The van der Waals surface area contributed by atoms with E-state index in [2.05, 4.69) is 21.0 Å². The molecule has 2 unspecified atom stereocenters. The largest absolute Gasteiger partial charge is 0.460 e. The van der Waals surface area contributed by atoms with Crippen LogP contribution < -0.4 is 0 Å². The van der Waals surface area contributed by atoms with E-state index in [0.29, 0.717) is 17.1 Å². The number of carbonyl (C=O) groups excluding carboxylic acids is 2. The van der Waals surface area contributed by atoms with Crippen molar-refractivity contribution >= 4 is 45.0 Å². The first-order valence-electron chi connectivity index (χ1n) is 8.28. The number of nitrogens with zero attached hydrogens (tertiary/aromatic N) is 2. The van der Waals surface area contributed by atoms with Crippen LogP contribution in [0.1, 0.15) is 19.4 Å². The normalized spacial score (nSPS) is 21.2. The Kier molecular flexibility index (Phi) is 5.63. The zero-order valence-electron chi connectivity index (χ0n) is 14.4. The fourth-order valence-electron chi connectivity index (χ4n) is 3.11. The Balaban J connectivity index is 1.86. The summed E-state index contributed by atoms with van der Waals surface area (Å²) in [5.74, 6) is -1.40. The number of fused-ring (bicyclic) bond motifs is 1. The molecule has 0 bridgehead atoms. The number of ketones is 1. The molecule has 0 saturated heterocycles. The second-order valence-corrected chi connectivity index (χ2v) is 7.35. The maximum atomic E-state index is 12.3. The number of Topliss-reactive ketones (excluding diaryl/α,β-unsaturated/α-hetero) is 1. The number of ether oxygens (including phenoxy) is 1. The molecule has 0 N–H and O–H groups in total. The SMILES string of the molecule is CCOC(=O)C(=O)C1=CC2C(C=C1)C(C)=NN2Cc1c(Cl)cccc1Br. The van der Waals surface area contributed by atoms with Crippen molar-refractivity contribution < 1.29 is 14.3 Å². The fourth-order valence-corrected chi connectivity index (χ4v) is 3.95. The number of halogens is 2. The molecule has 26 heavy (non-hydrogen) atoms. The van der Waals surface area contributed by atoms with Crippen LogP contribution in [0.15, 0.2) is 51.6 Å². The highest BCUT2D eigenvalue weighted by atomic mass is 79.9. The van der Waals surface area contributed by atoms with Crippen molar-refractivity contribution in [1.29, 1.82) is 0 Å². The minimum Gasteiger partial charge on any atom is -0.460 e. The maximum Gasteiger partial charge on any atom is 0.379 e. The topological polar surface area (TPSA) is 59.0 Å². The van der Waals surface area contributed by atoms with Gasteiger partial charge in [-0.05, 0) is 32.1 Å². The molecule has 1 aromatic carbocycles. The van der Waals surface area contributed by atoms with E-state index in [0.717, 1.165) is 15.7 Å². The van der Waals surface area contributed by atoms with Gasteiger partial charge in [-0.15, -0.1) is 0 Å². The Labute approximate surface area is 165 Å². The van der Waals surface area contributed by atoms with Crippen LogP contribution in [-0.2, 0) is 20.9 Å². The predicted octanol–water partition coefficient (Wildman–Crippen LogP) is 3.91. The summed E-state index contributed by atoms with van der Waals surface area (Å²) in [5.41, 5.74) is 2.21. The van der Waals surface area contributed by atoms with E-state index in [1.54, 1.807) is 19.1 Å². The molecule has 0 spiro atoms. The van der Waals surface area contributed by atoms with Gasteiger partial charge in [-0.3, -0.25) is 9.80 Å². The van der Waals surface area contributed by atoms with Crippen molar-refractivity contribution in [1.82, 2.24) is 5.01 Å². The lowest BCUT2D eigenvalue weighted by molar-refractivity contribution is -0.151. The lowest BCUT2D eigenvalue weighted by Crippen LogP contribution is -2.33. The third kappa shape index (κ3) is 3.62. The van der Waals surface area contributed by atoms with Gasteiger partial charge in [0.1, 0.15) is 0 Å². The van der Waals surface area contributed by atoms with Crippen molar-refractivity contribution in [3.05, 3.63) is 57.1 Å². The van der Waals surface area contributed by atoms with Gasteiger partial charge < -0.3 is 4.74 Å². The van der Waals surface area contributed by atoms with Gasteiger partial charge in [0.05, 0.1) is 19.2 Å². The van der Waals surface area contributed by atoms with Crippen molar-refractivity contribution in [3.8, 4) is 0 Å². The lowest BCUT2D eigenvalue weighted by atomic mass is 9.88. The van der Waals surface area contributed by atoms with Gasteiger partial charge in [-0.1, -0.05) is 45.7 Å². The number of hydrogen-bond acceptors (Lipinski definition) is 5. The van der Waals surface area contributed by atoms with Gasteiger partial charge in [0.25, 0.3) is 5.78 Å². The van der Waals surface area contributed by atoms with E-state index < -0.39 is 11.8 Å². The monoisotopic (exact) mass is 436 g/mol. The number of hydrazone groups is 1. The summed E-state index contributed by atoms with van der Waals surface area (Å²) in [6.07, 6.45) is 5.38. The molecule has 0 saturated carbocycles. The molecule has 0 aromatic heterocycles. The zero-order valence-corrected chi connectivity index (χ0v) is 16.8. The predicted molar refractivity (Wildman–Crippen MR) is 104 cm³/mol. The summed E-state index contributed by atoms with van der Waals surface area (Å²) in [6.45, 7) is 4.28. The molecule has 7 heteroatoms. The van der Waals surface area contributed by atoms with Crippen LogP contribution in [0.2, 0.25) is 5.02 Å². The second-order valence-electron chi connectivity index (χ2n) is 6.09. The Morgan fingerprint density at radius 2 is 2.15 bits per heavy atom. The molecule has 0 amide bonds. The Morgan fingerprint density at radius 3 is 2.85 bits per heavy atom. The van der Waals surface area contributed by atoms with Crippen LogP contribution >= 0.6 is 27.5 Å². The van der Waals surface area contributed by atoms with Crippen molar-refractivity contribution in [2.45, 2.75) is 26.4 Å². The van der Waals surface area contributed by atoms with Gasteiger partial charge in [0.2, 0.25) is 0 Å². The van der Waals surface area contributed by atoms with E-state index in [1.165, 1.54) is 0 Å². The van der Waals surface area contributed by atoms with E-state index in [-0.39, 0.29) is 18.6 Å². The molecule has 1 aliphatic carbocycles. The number of carbonyl (C=O) groups is 2. The van der Waals surface area contributed by atoms with Crippen LogP contribution in [0.3, 0.4) is 0 Å². The first kappa shape index (κ1) is 18.9. The molecule has 1 aliphatic heterocycles. The number of allylic oxidation sites excluding steroid dienone is 1. The van der Waals surface area contributed by atoms with Crippen LogP contribution in [0.5, 0.6) is 0 Å². The molecule has 3 rings (SSSR count). The minimum atomic E-state index is -0.835. The minimum absolute atomic E-state index is 0.0648. The Hall–Kier alpha value is -1.92. The van der Waals surface area contributed by atoms with Crippen LogP contribution in [0, 0.1) is 5.92 Å². The quantitative estimate of drug-likeness (QED) is 0.518. The molecule has 5 nitrogen and oxygen atoms in total. The third-order valence-electron chi connectivity index (χ3n) is 4.42. The van der Waals surface area contributed by atoms with Gasteiger partial charge in [0, 0.05) is 32.3 Å². The molecule has 1 aromatic rings. The van der Waals surface area contributed by atoms with Gasteiger partial charge in [-0.2, -0.15) is 5.10 Å². The highest BCUT2D eigenvalue weighted by molar-refractivity contribution is 9.10. The number of benzene rings is 1. The van der Waals surface area contributed by atoms with Gasteiger partial charge in [0.15, 0.2) is 0 Å². The summed E-state index contributed by atoms with van der Waals surface area (Å²) in [4.78, 5) is 24.0. The van der Waals surface area contributed by atoms with E-state index >= 15 is 0 Å². The average molecular weight is 438 g/mol. The summed E-state index contributed by atoms with van der Waals surface area (Å²) in [5, 5.41) is 7.18. The Bertz CT molecular complexity index is 827. The number of rotatable bonds is 5. The van der Waals surface area contributed by atoms with Crippen LogP contribution in [-0.4, -0.2) is 35.1 Å². The smallest absolute Gasteiger partial charge is 0.379 e. The summed E-state index contributed by atoms with van der Waals surface area (Å²) >= 11 is 9.85. The average Bonchev–Trinajstić information content (AvgIpc) is 2.93. The number of esters is 1. The van der Waals surface area contributed by atoms with E-state index in [9.17, 15) is 9.59 Å². The Morgan fingerprint density at radius 1 is 1.38 bits per heavy atom. The fraction of sp³-hybridized carbons (Fsp3) is 0.316. The number of hydrogen-bond donors (Lipinski definition) is 0. The van der Waals surface area contributed by atoms with Crippen molar-refractivity contribution in [2.24, 2.45) is 11.0 Å². The molecular weight excluding hydrogens is 420 g/mol. The molecule has 2 aliphatic rings.